The van der Waals surface area contributed by atoms with Gasteiger partial charge < -0.3 is 0 Å². The average molecular weight is 289 g/mol. The SMILES string of the molecule is O=[N+]([O-])c1ccc(S(=O)(=O)C=Cc2ccccc2)cc1. The van der Waals surface area contributed by atoms with Gasteiger partial charge in [0.25, 0.3) is 5.69 Å². The van der Waals surface area contributed by atoms with E-state index in [9.17, 15) is 18.5 Å². The monoisotopic (exact) mass is 289 g/mol. The fourth-order valence-electron chi connectivity index (χ4n) is 1.57. The number of rotatable bonds is 4. The largest absolute Gasteiger partial charge is 0.269 e. The van der Waals surface area contributed by atoms with Gasteiger partial charge in [0.2, 0.25) is 0 Å². The fraction of sp³-hybridized carbons (Fsp3) is 0. The van der Waals surface area contributed by atoms with Crippen molar-refractivity contribution < 1.29 is 13.3 Å². The summed E-state index contributed by atoms with van der Waals surface area (Å²) in [4.78, 5) is 9.96. The highest BCUT2D eigenvalue weighted by molar-refractivity contribution is 7.94. The van der Waals surface area contributed by atoms with Crippen LogP contribution in [0.25, 0.3) is 6.08 Å². The Hall–Kier alpha value is -2.47. The Morgan fingerprint density at radius 3 is 2.10 bits per heavy atom. The van der Waals surface area contributed by atoms with E-state index in [4.69, 9.17) is 0 Å². The van der Waals surface area contributed by atoms with Gasteiger partial charge in [-0.1, -0.05) is 30.3 Å². The second kappa shape index (κ2) is 5.66. The third-order valence-electron chi connectivity index (χ3n) is 2.62. The van der Waals surface area contributed by atoms with E-state index in [0.29, 0.717) is 0 Å². The lowest BCUT2D eigenvalue weighted by molar-refractivity contribution is -0.384. The van der Waals surface area contributed by atoms with E-state index in [-0.39, 0.29) is 10.6 Å². The van der Waals surface area contributed by atoms with E-state index in [1.54, 1.807) is 24.3 Å². The second-order valence-corrected chi connectivity index (χ2v) is 5.84. The van der Waals surface area contributed by atoms with Crippen LogP contribution in [-0.4, -0.2) is 13.3 Å². The smallest absolute Gasteiger partial charge is 0.258 e. The molecule has 0 atom stereocenters. The summed E-state index contributed by atoms with van der Waals surface area (Å²) in [7, 11) is -3.60. The number of nitrogens with zero attached hydrogens (tertiary/aromatic N) is 1. The van der Waals surface area contributed by atoms with Gasteiger partial charge in [-0.3, -0.25) is 10.1 Å². The lowest BCUT2D eigenvalue weighted by atomic mass is 10.2. The van der Waals surface area contributed by atoms with Crippen LogP contribution in [0.3, 0.4) is 0 Å². The standard InChI is InChI=1S/C14H11NO4S/c16-15(17)13-6-8-14(9-7-13)20(18,19)11-10-12-4-2-1-3-5-12/h1-11H. The van der Waals surface area contributed by atoms with Gasteiger partial charge in [-0.05, 0) is 23.8 Å². The van der Waals surface area contributed by atoms with Crippen LogP contribution in [0.5, 0.6) is 0 Å². The molecule has 0 N–H and O–H groups in total. The molecule has 0 bridgehead atoms. The summed E-state index contributed by atoms with van der Waals surface area (Å²) in [6.07, 6.45) is 1.48. The van der Waals surface area contributed by atoms with E-state index in [2.05, 4.69) is 0 Å². The molecule has 0 unspecified atom stereocenters. The van der Waals surface area contributed by atoms with Gasteiger partial charge >= 0.3 is 0 Å². The Labute approximate surface area is 116 Å². The molecule has 0 spiro atoms. The first-order chi connectivity index (χ1) is 9.49. The maximum absolute atomic E-state index is 12.0. The van der Waals surface area contributed by atoms with E-state index >= 15 is 0 Å². The number of sulfone groups is 1. The first-order valence-corrected chi connectivity index (χ1v) is 7.26. The van der Waals surface area contributed by atoms with E-state index in [1.807, 2.05) is 6.07 Å². The Bertz CT molecular complexity index is 735. The van der Waals surface area contributed by atoms with Crippen LogP contribution in [0.4, 0.5) is 5.69 Å². The number of benzene rings is 2. The quantitative estimate of drug-likeness (QED) is 0.640. The number of hydrogen-bond donors (Lipinski definition) is 0. The first kappa shape index (κ1) is 14.0. The second-order valence-electron chi connectivity index (χ2n) is 4.01. The van der Waals surface area contributed by atoms with Crippen LogP contribution in [0.2, 0.25) is 0 Å². The predicted molar refractivity (Wildman–Crippen MR) is 75.8 cm³/mol. The van der Waals surface area contributed by atoms with Gasteiger partial charge in [-0.25, -0.2) is 8.42 Å². The summed E-state index contributed by atoms with van der Waals surface area (Å²) >= 11 is 0. The van der Waals surface area contributed by atoms with Crippen molar-refractivity contribution in [2.75, 3.05) is 0 Å². The third kappa shape index (κ3) is 3.30. The lowest BCUT2D eigenvalue weighted by Crippen LogP contribution is -1.96. The molecule has 0 amide bonds. The zero-order chi connectivity index (χ0) is 14.6. The summed E-state index contributed by atoms with van der Waals surface area (Å²) in [5, 5.41) is 11.6. The molecular weight excluding hydrogens is 278 g/mol. The molecule has 102 valence electrons. The molecule has 0 fully saturated rings. The van der Waals surface area contributed by atoms with Gasteiger partial charge in [-0.2, -0.15) is 0 Å². The first-order valence-electron chi connectivity index (χ1n) is 5.72. The summed E-state index contributed by atoms with van der Waals surface area (Å²) in [5.74, 6) is 0. The number of non-ortho nitro benzene ring substituents is 1. The van der Waals surface area contributed by atoms with Gasteiger partial charge in [0.15, 0.2) is 9.84 Å². The Balaban J connectivity index is 2.27. The van der Waals surface area contributed by atoms with Crippen molar-refractivity contribution in [2.24, 2.45) is 0 Å². The molecule has 0 aliphatic heterocycles. The van der Waals surface area contributed by atoms with Crippen molar-refractivity contribution in [2.45, 2.75) is 4.90 Å². The minimum atomic E-state index is -3.60. The molecular formula is C14H11NO4S. The Kier molecular flexibility index (Phi) is 3.95. The molecule has 0 aliphatic carbocycles. The van der Waals surface area contributed by atoms with Crippen LogP contribution >= 0.6 is 0 Å². The van der Waals surface area contributed by atoms with Crippen LogP contribution in [-0.2, 0) is 9.84 Å². The van der Waals surface area contributed by atoms with Gasteiger partial charge in [0, 0.05) is 17.5 Å². The maximum atomic E-state index is 12.0. The van der Waals surface area contributed by atoms with Crippen LogP contribution in [0, 0.1) is 10.1 Å². The topological polar surface area (TPSA) is 77.3 Å². The zero-order valence-electron chi connectivity index (χ0n) is 10.3. The minimum absolute atomic E-state index is 0.0234. The average Bonchev–Trinajstić information content (AvgIpc) is 2.46. The van der Waals surface area contributed by atoms with Crippen LogP contribution in [0.15, 0.2) is 64.9 Å². The molecule has 0 aliphatic rings. The van der Waals surface area contributed by atoms with Crippen LogP contribution < -0.4 is 0 Å². The summed E-state index contributed by atoms with van der Waals surface area (Å²) in [6, 6.07) is 13.8. The number of nitro groups is 1. The van der Waals surface area contributed by atoms with Crippen molar-refractivity contribution in [3.05, 3.63) is 75.7 Å². The molecule has 0 aromatic heterocycles. The highest BCUT2D eigenvalue weighted by atomic mass is 32.2. The lowest BCUT2D eigenvalue weighted by Gasteiger charge is -1.99. The molecule has 0 saturated heterocycles. The summed E-state index contributed by atoms with van der Waals surface area (Å²) in [5.41, 5.74) is 0.619. The molecule has 6 heteroatoms. The van der Waals surface area contributed by atoms with Gasteiger partial charge in [-0.15, -0.1) is 0 Å². The van der Waals surface area contributed by atoms with Gasteiger partial charge in [0.05, 0.1) is 9.82 Å². The van der Waals surface area contributed by atoms with Crippen molar-refractivity contribution in [3.8, 4) is 0 Å². The highest BCUT2D eigenvalue weighted by Crippen LogP contribution is 2.18. The van der Waals surface area contributed by atoms with Gasteiger partial charge in [0.1, 0.15) is 0 Å². The molecule has 0 heterocycles. The molecule has 0 saturated carbocycles. The Morgan fingerprint density at radius 2 is 1.55 bits per heavy atom. The predicted octanol–water partition coefficient (Wildman–Crippen LogP) is 3.04. The molecule has 20 heavy (non-hydrogen) atoms. The Morgan fingerprint density at radius 1 is 0.950 bits per heavy atom. The van der Waals surface area contributed by atoms with E-state index in [1.165, 1.54) is 30.3 Å². The zero-order valence-corrected chi connectivity index (χ0v) is 11.2. The minimum Gasteiger partial charge on any atom is -0.258 e. The molecule has 2 aromatic rings. The molecule has 0 radical (unpaired) electrons. The molecule has 2 aromatic carbocycles. The normalized spacial score (nSPS) is 11.6. The van der Waals surface area contributed by atoms with Crippen molar-refractivity contribution in [1.29, 1.82) is 0 Å². The van der Waals surface area contributed by atoms with Crippen molar-refractivity contribution >= 4 is 21.6 Å². The molecule has 5 nitrogen and oxygen atoms in total. The summed E-state index contributed by atoms with van der Waals surface area (Å²) < 4.78 is 24.1. The highest BCUT2D eigenvalue weighted by Gasteiger charge is 2.12. The fourth-order valence-corrected chi connectivity index (χ4v) is 2.58. The number of hydrogen-bond acceptors (Lipinski definition) is 4. The number of nitro benzene ring substituents is 1. The summed E-state index contributed by atoms with van der Waals surface area (Å²) in [6.45, 7) is 0. The van der Waals surface area contributed by atoms with E-state index < -0.39 is 14.8 Å². The van der Waals surface area contributed by atoms with Crippen molar-refractivity contribution in [3.63, 3.8) is 0 Å². The van der Waals surface area contributed by atoms with Crippen molar-refractivity contribution in [1.82, 2.24) is 0 Å². The van der Waals surface area contributed by atoms with E-state index in [0.717, 1.165) is 11.0 Å². The van der Waals surface area contributed by atoms with Crippen LogP contribution in [0.1, 0.15) is 5.56 Å². The maximum Gasteiger partial charge on any atom is 0.269 e. The third-order valence-corrected chi connectivity index (χ3v) is 4.04. The molecule has 2 rings (SSSR count).